The Bertz CT molecular complexity index is 1180. The number of anilines is 2. The van der Waals surface area contributed by atoms with E-state index in [0.717, 1.165) is 4.47 Å². The fourth-order valence-corrected chi connectivity index (χ4v) is 3.91. The van der Waals surface area contributed by atoms with Crippen LogP contribution in [0, 0.1) is 0 Å². The third-order valence-electron chi connectivity index (χ3n) is 3.94. The zero-order valence-electron chi connectivity index (χ0n) is 14.9. The second-order valence-corrected chi connectivity index (χ2v) is 8.60. The van der Waals surface area contributed by atoms with Gasteiger partial charge in [0.2, 0.25) is 0 Å². The summed E-state index contributed by atoms with van der Waals surface area (Å²) in [6, 6.07) is 18.5. The zero-order valence-corrected chi connectivity index (χ0v) is 17.3. The number of para-hydroxylation sites is 1. The van der Waals surface area contributed by atoms with Crippen molar-refractivity contribution < 1.29 is 18.0 Å². The van der Waals surface area contributed by atoms with Crippen molar-refractivity contribution in [2.75, 3.05) is 10.0 Å². The van der Waals surface area contributed by atoms with Gasteiger partial charge < -0.3 is 11.1 Å². The summed E-state index contributed by atoms with van der Waals surface area (Å²) >= 11 is 3.29. The smallest absolute Gasteiger partial charge is 0.261 e. The number of rotatable bonds is 6. The van der Waals surface area contributed by atoms with Crippen LogP contribution in [-0.2, 0) is 10.0 Å². The standard InChI is InChI=1S/C20H16BrN3O4S/c21-14-8-10-15(11-9-14)24-29(27,28)16-5-3-4-13(12-16)20(26)23-18-7-2-1-6-17(18)19(22)25/h1-12,24H,(H2,22,25)(H,23,26). The molecule has 0 radical (unpaired) electrons. The van der Waals surface area contributed by atoms with Crippen molar-refractivity contribution in [2.24, 2.45) is 5.73 Å². The van der Waals surface area contributed by atoms with Gasteiger partial charge in [-0.15, -0.1) is 0 Å². The van der Waals surface area contributed by atoms with E-state index in [4.69, 9.17) is 5.73 Å². The first kappa shape index (κ1) is 20.6. The Balaban J connectivity index is 1.84. The van der Waals surface area contributed by atoms with E-state index < -0.39 is 21.8 Å². The number of amides is 2. The molecule has 0 aliphatic heterocycles. The molecule has 3 aromatic carbocycles. The maximum absolute atomic E-state index is 12.6. The van der Waals surface area contributed by atoms with Crippen LogP contribution in [-0.4, -0.2) is 20.2 Å². The summed E-state index contributed by atoms with van der Waals surface area (Å²) in [5.74, 6) is -1.25. The van der Waals surface area contributed by atoms with Gasteiger partial charge in [0.05, 0.1) is 16.1 Å². The molecule has 0 saturated carbocycles. The van der Waals surface area contributed by atoms with Crippen molar-refractivity contribution in [1.82, 2.24) is 0 Å². The fraction of sp³-hybridized carbons (Fsp3) is 0. The number of nitrogens with two attached hydrogens (primary N) is 1. The molecule has 148 valence electrons. The number of carbonyl (C=O) groups excluding carboxylic acids is 2. The topological polar surface area (TPSA) is 118 Å². The molecule has 29 heavy (non-hydrogen) atoms. The second kappa shape index (κ2) is 8.46. The lowest BCUT2D eigenvalue weighted by atomic mass is 10.1. The van der Waals surface area contributed by atoms with Gasteiger partial charge in [0.1, 0.15) is 0 Å². The first-order valence-corrected chi connectivity index (χ1v) is 10.6. The van der Waals surface area contributed by atoms with E-state index in [-0.39, 0.29) is 21.7 Å². The van der Waals surface area contributed by atoms with E-state index in [1.165, 1.54) is 36.4 Å². The molecular weight excluding hydrogens is 458 g/mol. The molecule has 0 atom stereocenters. The van der Waals surface area contributed by atoms with Crippen LogP contribution in [0.15, 0.2) is 82.2 Å². The Kier molecular flexibility index (Phi) is 6.00. The van der Waals surface area contributed by atoms with E-state index >= 15 is 0 Å². The SMILES string of the molecule is NC(=O)c1ccccc1NC(=O)c1cccc(S(=O)(=O)Nc2ccc(Br)cc2)c1. The molecule has 0 aromatic heterocycles. The summed E-state index contributed by atoms with van der Waals surface area (Å²) in [4.78, 5) is 24.0. The fourth-order valence-electron chi connectivity index (χ4n) is 2.54. The lowest BCUT2D eigenvalue weighted by molar-refractivity contribution is 0.100. The van der Waals surface area contributed by atoms with Gasteiger partial charge in [-0.05, 0) is 54.6 Å². The molecule has 0 fully saturated rings. The second-order valence-electron chi connectivity index (χ2n) is 6.00. The number of sulfonamides is 1. The highest BCUT2D eigenvalue weighted by molar-refractivity contribution is 9.10. The van der Waals surface area contributed by atoms with Crippen molar-refractivity contribution in [1.29, 1.82) is 0 Å². The lowest BCUT2D eigenvalue weighted by Gasteiger charge is -2.11. The van der Waals surface area contributed by atoms with Gasteiger partial charge in [0, 0.05) is 15.7 Å². The van der Waals surface area contributed by atoms with Gasteiger partial charge in [-0.3, -0.25) is 14.3 Å². The molecule has 0 saturated heterocycles. The average molecular weight is 474 g/mol. The third-order valence-corrected chi connectivity index (χ3v) is 5.85. The van der Waals surface area contributed by atoms with Crippen LogP contribution in [0.1, 0.15) is 20.7 Å². The molecule has 4 N–H and O–H groups in total. The molecule has 0 bridgehead atoms. The Hall–Kier alpha value is -3.17. The predicted molar refractivity (Wildman–Crippen MR) is 114 cm³/mol. The summed E-state index contributed by atoms with van der Waals surface area (Å²) in [5, 5.41) is 2.58. The Labute approximate surface area is 176 Å². The first-order chi connectivity index (χ1) is 13.8. The highest BCUT2D eigenvalue weighted by Gasteiger charge is 2.18. The van der Waals surface area contributed by atoms with Gasteiger partial charge in [-0.1, -0.05) is 34.1 Å². The predicted octanol–water partition coefficient (Wildman–Crippen LogP) is 3.60. The first-order valence-electron chi connectivity index (χ1n) is 8.35. The van der Waals surface area contributed by atoms with Crippen LogP contribution < -0.4 is 15.8 Å². The van der Waals surface area contributed by atoms with Crippen molar-refractivity contribution in [2.45, 2.75) is 4.90 Å². The molecule has 3 aromatic rings. The molecule has 0 heterocycles. The molecule has 0 unspecified atom stereocenters. The maximum atomic E-state index is 12.6. The molecular formula is C20H16BrN3O4S. The minimum Gasteiger partial charge on any atom is -0.366 e. The number of benzene rings is 3. The van der Waals surface area contributed by atoms with Crippen LogP contribution in [0.2, 0.25) is 0 Å². The summed E-state index contributed by atoms with van der Waals surface area (Å²) in [6.07, 6.45) is 0. The van der Waals surface area contributed by atoms with E-state index in [0.29, 0.717) is 5.69 Å². The van der Waals surface area contributed by atoms with Crippen molar-refractivity contribution in [3.63, 3.8) is 0 Å². The summed E-state index contributed by atoms with van der Waals surface area (Å²) < 4.78 is 28.6. The normalized spacial score (nSPS) is 10.9. The minimum absolute atomic E-state index is 0.0729. The van der Waals surface area contributed by atoms with E-state index in [1.54, 1.807) is 36.4 Å². The number of halogens is 1. The summed E-state index contributed by atoms with van der Waals surface area (Å²) in [6.45, 7) is 0. The average Bonchev–Trinajstić information content (AvgIpc) is 2.70. The largest absolute Gasteiger partial charge is 0.366 e. The Morgan fingerprint density at radius 2 is 1.59 bits per heavy atom. The highest BCUT2D eigenvalue weighted by atomic mass is 79.9. The van der Waals surface area contributed by atoms with Crippen LogP contribution in [0.5, 0.6) is 0 Å². The molecule has 2 amide bonds. The number of hydrogen-bond donors (Lipinski definition) is 3. The van der Waals surface area contributed by atoms with Gasteiger partial charge in [-0.25, -0.2) is 8.42 Å². The molecule has 0 aliphatic rings. The van der Waals surface area contributed by atoms with E-state index in [9.17, 15) is 18.0 Å². The van der Waals surface area contributed by atoms with Gasteiger partial charge in [0.15, 0.2) is 0 Å². The monoisotopic (exact) mass is 473 g/mol. The summed E-state index contributed by atoms with van der Waals surface area (Å²) in [7, 11) is -3.90. The van der Waals surface area contributed by atoms with E-state index in [1.807, 2.05) is 0 Å². The molecule has 0 aliphatic carbocycles. The van der Waals surface area contributed by atoms with Crippen LogP contribution in [0.3, 0.4) is 0 Å². The van der Waals surface area contributed by atoms with E-state index in [2.05, 4.69) is 26.0 Å². The molecule has 7 nitrogen and oxygen atoms in total. The Morgan fingerprint density at radius 1 is 0.897 bits per heavy atom. The summed E-state index contributed by atoms with van der Waals surface area (Å²) in [5.41, 5.74) is 6.21. The number of hydrogen-bond acceptors (Lipinski definition) is 4. The number of carbonyl (C=O) groups is 2. The van der Waals surface area contributed by atoms with Crippen LogP contribution >= 0.6 is 15.9 Å². The highest BCUT2D eigenvalue weighted by Crippen LogP contribution is 2.21. The van der Waals surface area contributed by atoms with Crippen molar-refractivity contribution >= 4 is 49.1 Å². The van der Waals surface area contributed by atoms with Gasteiger partial charge >= 0.3 is 0 Å². The zero-order chi connectivity index (χ0) is 21.0. The third kappa shape index (κ3) is 5.01. The van der Waals surface area contributed by atoms with Crippen LogP contribution in [0.25, 0.3) is 0 Å². The maximum Gasteiger partial charge on any atom is 0.261 e. The minimum atomic E-state index is -3.90. The number of primary amides is 1. The quantitative estimate of drug-likeness (QED) is 0.506. The van der Waals surface area contributed by atoms with Crippen LogP contribution in [0.4, 0.5) is 11.4 Å². The van der Waals surface area contributed by atoms with Gasteiger partial charge in [-0.2, -0.15) is 0 Å². The Morgan fingerprint density at radius 3 is 2.28 bits per heavy atom. The molecule has 3 rings (SSSR count). The lowest BCUT2D eigenvalue weighted by Crippen LogP contribution is -2.19. The molecule has 0 spiro atoms. The van der Waals surface area contributed by atoms with Crippen molar-refractivity contribution in [3.8, 4) is 0 Å². The van der Waals surface area contributed by atoms with Crippen molar-refractivity contribution in [3.05, 3.63) is 88.4 Å². The molecule has 9 heteroatoms. The number of nitrogens with one attached hydrogen (secondary N) is 2. The van der Waals surface area contributed by atoms with Gasteiger partial charge in [0.25, 0.3) is 21.8 Å².